The average Bonchev–Trinajstić information content (AvgIpc) is 3.37. The summed E-state index contributed by atoms with van der Waals surface area (Å²) < 4.78 is 40.7. The number of carbonyl (C=O) groups is 2. The number of carboxylic acid groups (broad SMARTS) is 1. The van der Waals surface area contributed by atoms with E-state index in [9.17, 15) is 22.8 Å². The minimum Gasteiger partial charge on any atom is -0.476 e. The Morgan fingerprint density at radius 1 is 1.19 bits per heavy atom. The van der Waals surface area contributed by atoms with Gasteiger partial charge in [0.2, 0.25) is 0 Å². The molecule has 1 amide bonds. The molecule has 32 heavy (non-hydrogen) atoms. The van der Waals surface area contributed by atoms with Crippen LogP contribution < -0.4 is 0 Å². The fourth-order valence-corrected chi connectivity index (χ4v) is 5.34. The van der Waals surface area contributed by atoms with Gasteiger partial charge in [-0.25, -0.2) is 9.59 Å². The molecule has 2 fully saturated rings. The van der Waals surface area contributed by atoms with Crippen molar-refractivity contribution in [1.82, 2.24) is 14.7 Å². The van der Waals surface area contributed by atoms with Crippen LogP contribution in [0, 0.1) is 18.3 Å². The smallest absolute Gasteiger partial charge is 0.416 e. The highest BCUT2D eigenvalue weighted by molar-refractivity contribution is 5.86. The van der Waals surface area contributed by atoms with Crippen LogP contribution >= 0.6 is 0 Å². The van der Waals surface area contributed by atoms with E-state index in [1.54, 1.807) is 17.9 Å². The van der Waals surface area contributed by atoms with E-state index in [-0.39, 0.29) is 17.1 Å². The van der Waals surface area contributed by atoms with Gasteiger partial charge < -0.3 is 10.0 Å². The number of benzene rings is 1. The fourth-order valence-electron chi connectivity index (χ4n) is 5.34. The summed E-state index contributed by atoms with van der Waals surface area (Å²) in [5, 5.41) is 12.8. The van der Waals surface area contributed by atoms with Gasteiger partial charge in [-0.15, -0.1) is 0 Å². The highest BCUT2D eigenvalue weighted by atomic mass is 19.4. The average molecular weight is 449 g/mol. The number of likely N-dealkylation sites (tertiary alicyclic amines) is 1. The maximum absolute atomic E-state index is 13.2. The third-order valence-electron chi connectivity index (χ3n) is 7.16. The number of amides is 1. The molecular weight excluding hydrogens is 423 g/mol. The summed E-state index contributed by atoms with van der Waals surface area (Å²) in [5.74, 6) is -0.842. The molecule has 1 aliphatic carbocycles. The summed E-state index contributed by atoms with van der Waals surface area (Å²) >= 11 is 0. The van der Waals surface area contributed by atoms with Crippen molar-refractivity contribution in [3.05, 3.63) is 52.8 Å². The summed E-state index contributed by atoms with van der Waals surface area (Å²) in [7, 11) is 0. The lowest BCUT2D eigenvalue weighted by Gasteiger charge is -2.39. The Morgan fingerprint density at radius 3 is 2.53 bits per heavy atom. The number of piperidine rings is 1. The first-order chi connectivity index (χ1) is 15.1. The quantitative estimate of drug-likeness (QED) is 0.716. The molecule has 1 N–H and O–H groups in total. The van der Waals surface area contributed by atoms with Gasteiger partial charge in [0.1, 0.15) is 0 Å². The highest BCUT2D eigenvalue weighted by Crippen LogP contribution is 2.50. The number of alkyl halides is 3. The van der Waals surface area contributed by atoms with Crippen LogP contribution in [0.1, 0.15) is 59.3 Å². The zero-order valence-corrected chi connectivity index (χ0v) is 17.9. The lowest BCUT2D eigenvalue weighted by molar-refractivity contribution is -0.138. The number of aromatic carboxylic acids is 1. The van der Waals surface area contributed by atoms with Crippen LogP contribution in [-0.2, 0) is 12.6 Å². The minimum atomic E-state index is -4.34. The normalized spacial score (nSPS) is 20.6. The van der Waals surface area contributed by atoms with Gasteiger partial charge >= 0.3 is 18.2 Å². The second-order valence-electron chi connectivity index (χ2n) is 9.12. The van der Waals surface area contributed by atoms with Crippen LogP contribution in [0.2, 0.25) is 0 Å². The minimum absolute atomic E-state index is 0.118. The van der Waals surface area contributed by atoms with Gasteiger partial charge in [-0.05, 0) is 80.0 Å². The number of carboxylic acids is 1. The van der Waals surface area contributed by atoms with Gasteiger partial charge in [0.15, 0.2) is 5.69 Å². The van der Waals surface area contributed by atoms with Crippen molar-refractivity contribution < 1.29 is 27.9 Å². The molecule has 2 aromatic rings. The Kier molecular flexibility index (Phi) is 5.77. The molecule has 2 aliphatic rings. The summed E-state index contributed by atoms with van der Waals surface area (Å²) in [6.45, 7) is 2.69. The molecule has 1 aromatic heterocycles. The first-order valence-corrected chi connectivity index (χ1v) is 10.8. The zero-order valence-electron chi connectivity index (χ0n) is 17.9. The number of carbonyl (C=O) groups excluding carboxylic acids is 1. The van der Waals surface area contributed by atoms with E-state index in [0.29, 0.717) is 31.0 Å². The van der Waals surface area contributed by atoms with E-state index in [4.69, 9.17) is 5.11 Å². The summed E-state index contributed by atoms with van der Waals surface area (Å²) in [6, 6.07) is 5.39. The van der Waals surface area contributed by atoms with E-state index in [2.05, 4.69) is 5.10 Å². The molecule has 4 rings (SSSR count). The SMILES string of the molecule is Cc1c(CC2CCC3(CCN(C(=O)n4ccc(C(=O)O)n4)CC3)C2)cccc1C(F)(F)F. The molecule has 9 heteroatoms. The van der Waals surface area contributed by atoms with Crippen LogP contribution in [0.3, 0.4) is 0 Å². The Labute approximate surface area is 184 Å². The Morgan fingerprint density at radius 2 is 1.91 bits per heavy atom. The molecule has 1 saturated heterocycles. The van der Waals surface area contributed by atoms with Crippen molar-refractivity contribution in [2.45, 2.75) is 51.6 Å². The lowest BCUT2D eigenvalue weighted by Crippen LogP contribution is -2.44. The topological polar surface area (TPSA) is 75.4 Å². The van der Waals surface area contributed by atoms with Crippen molar-refractivity contribution in [2.24, 2.45) is 11.3 Å². The first-order valence-electron chi connectivity index (χ1n) is 10.8. The number of hydrogen-bond acceptors (Lipinski definition) is 3. The van der Waals surface area contributed by atoms with Gasteiger partial charge in [-0.1, -0.05) is 12.1 Å². The predicted molar refractivity (Wildman–Crippen MR) is 110 cm³/mol. The van der Waals surface area contributed by atoms with Crippen LogP contribution in [0.4, 0.5) is 18.0 Å². The van der Waals surface area contributed by atoms with Gasteiger partial charge in [0, 0.05) is 19.3 Å². The number of hydrogen-bond donors (Lipinski definition) is 1. The molecule has 6 nitrogen and oxygen atoms in total. The van der Waals surface area contributed by atoms with Crippen LogP contribution in [0.5, 0.6) is 0 Å². The fraction of sp³-hybridized carbons (Fsp3) is 0.522. The van der Waals surface area contributed by atoms with Crippen LogP contribution in [-0.4, -0.2) is 44.9 Å². The molecule has 1 spiro atoms. The molecule has 172 valence electrons. The third-order valence-corrected chi connectivity index (χ3v) is 7.16. The van der Waals surface area contributed by atoms with Crippen molar-refractivity contribution >= 4 is 12.0 Å². The van der Waals surface area contributed by atoms with Crippen LogP contribution in [0.15, 0.2) is 30.5 Å². The molecule has 1 unspecified atom stereocenters. The molecule has 1 atom stereocenters. The third kappa shape index (κ3) is 4.38. The van der Waals surface area contributed by atoms with E-state index in [0.717, 1.165) is 48.4 Å². The predicted octanol–water partition coefficient (Wildman–Crippen LogP) is 5.00. The van der Waals surface area contributed by atoms with E-state index in [1.807, 2.05) is 0 Å². The molecule has 2 heterocycles. The molecular formula is C23H26F3N3O3. The first kappa shape index (κ1) is 22.4. The standard InChI is InChI=1S/C23H26F3N3O3/c1-15-17(3-2-4-18(15)23(24,25)26)13-16-5-7-22(14-16)8-11-28(12-9-22)21(32)29-10-6-19(27-29)20(30)31/h2-4,6,10,16H,5,7-9,11-14H2,1H3,(H,30,31). The van der Waals surface area contributed by atoms with Crippen molar-refractivity contribution in [2.75, 3.05) is 13.1 Å². The maximum Gasteiger partial charge on any atom is 0.416 e. The molecule has 1 aliphatic heterocycles. The van der Waals surface area contributed by atoms with Crippen molar-refractivity contribution in [3.63, 3.8) is 0 Å². The van der Waals surface area contributed by atoms with Gasteiger partial charge in [0.25, 0.3) is 0 Å². The van der Waals surface area contributed by atoms with E-state index < -0.39 is 17.7 Å². The monoisotopic (exact) mass is 449 g/mol. The Balaban J connectivity index is 1.36. The lowest BCUT2D eigenvalue weighted by atomic mass is 9.76. The second-order valence-corrected chi connectivity index (χ2v) is 9.12. The van der Waals surface area contributed by atoms with Gasteiger partial charge in [0.05, 0.1) is 5.56 Å². The van der Waals surface area contributed by atoms with Crippen molar-refractivity contribution in [1.29, 1.82) is 0 Å². The Bertz CT molecular complexity index is 1020. The molecule has 0 bridgehead atoms. The van der Waals surface area contributed by atoms with Gasteiger partial charge in [-0.2, -0.15) is 23.0 Å². The van der Waals surface area contributed by atoms with E-state index >= 15 is 0 Å². The summed E-state index contributed by atoms with van der Waals surface area (Å²) in [5.41, 5.74) is 0.478. The number of aromatic nitrogens is 2. The zero-order chi connectivity index (χ0) is 23.1. The maximum atomic E-state index is 13.2. The molecule has 1 aromatic carbocycles. The van der Waals surface area contributed by atoms with Crippen molar-refractivity contribution in [3.8, 4) is 0 Å². The van der Waals surface area contributed by atoms with Crippen LogP contribution in [0.25, 0.3) is 0 Å². The molecule has 1 saturated carbocycles. The molecule has 0 radical (unpaired) electrons. The van der Waals surface area contributed by atoms with Gasteiger partial charge in [-0.3, -0.25) is 0 Å². The summed E-state index contributed by atoms with van der Waals surface area (Å²) in [6.07, 6.45) is 2.29. The number of nitrogens with zero attached hydrogens (tertiary/aromatic N) is 3. The Hall–Kier alpha value is -2.84. The largest absolute Gasteiger partial charge is 0.476 e. The second kappa shape index (κ2) is 8.26. The number of rotatable bonds is 3. The van der Waals surface area contributed by atoms with E-state index in [1.165, 1.54) is 18.3 Å². The number of halogens is 3. The highest BCUT2D eigenvalue weighted by Gasteiger charge is 2.42. The summed E-state index contributed by atoms with van der Waals surface area (Å²) in [4.78, 5) is 25.3.